The first-order valence-electron chi connectivity index (χ1n) is 9.44. The Morgan fingerprint density at radius 2 is 1.84 bits per heavy atom. The fourth-order valence-corrected chi connectivity index (χ4v) is 4.23. The van der Waals surface area contributed by atoms with Crippen LogP contribution in [0.15, 0.2) is 42.5 Å². The number of nitrogens with one attached hydrogen (secondary N) is 1. The van der Waals surface area contributed by atoms with Gasteiger partial charge in [0.2, 0.25) is 21.8 Å². The first kappa shape index (κ1) is 24.6. The monoisotopic (exact) mass is 469 g/mol. The highest BCUT2D eigenvalue weighted by Crippen LogP contribution is 2.26. The van der Waals surface area contributed by atoms with Crippen molar-refractivity contribution in [3.8, 4) is 0 Å². The third-order valence-electron chi connectivity index (χ3n) is 4.82. The third-order valence-corrected chi connectivity index (χ3v) is 6.18. The van der Waals surface area contributed by atoms with Crippen LogP contribution in [0, 0.1) is 12.7 Å². The summed E-state index contributed by atoms with van der Waals surface area (Å²) in [5, 5.41) is 2.88. The van der Waals surface area contributed by atoms with Crippen molar-refractivity contribution in [3.63, 3.8) is 0 Å². The lowest BCUT2D eigenvalue weighted by molar-refractivity contribution is -0.139. The molecule has 2 rings (SSSR count). The van der Waals surface area contributed by atoms with Gasteiger partial charge in [0.25, 0.3) is 0 Å². The number of halogens is 2. The van der Waals surface area contributed by atoms with Crippen molar-refractivity contribution in [2.24, 2.45) is 0 Å². The molecular formula is C21H25ClFN3O4S. The van der Waals surface area contributed by atoms with E-state index in [0.717, 1.165) is 15.5 Å². The fraction of sp³-hybridized carbons (Fsp3) is 0.333. The quantitative estimate of drug-likeness (QED) is 0.644. The molecule has 0 saturated heterocycles. The van der Waals surface area contributed by atoms with Crippen LogP contribution in [-0.4, -0.2) is 51.0 Å². The van der Waals surface area contributed by atoms with Crippen molar-refractivity contribution >= 4 is 39.1 Å². The van der Waals surface area contributed by atoms with E-state index in [2.05, 4.69) is 5.32 Å². The third kappa shape index (κ3) is 6.18. The minimum Gasteiger partial charge on any atom is -0.357 e. The van der Waals surface area contributed by atoms with Crippen molar-refractivity contribution in [2.45, 2.75) is 26.4 Å². The first-order valence-corrected chi connectivity index (χ1v) is 11.7. The topological polar surface area (TPSA) is 86.8 Å². The number of amides is 2. The Labute approximate surface area is 186 Å². The SMILES string of the molecule is CNC(=O)[C@@H](C)N(Cc1ccccc1F)C(=O)CN(c1ccc(Cl)cc1C)S(C)(=O)=O. The summed E-state index contributed by atoms with van der Waals surface area (Å²) in [5.41, 5.74) is 1.06. The van der Waals surface area contributed by atoms with Crippen molar-refractivity contribution < 1.29 is 22.4 Å². The lowest BCUT2D eigenvalue weighted by Gasteiger charge is -2.31. The zero-order chi connectivity index (χ0) is 23.3. The van der Waals surface area contributed by atoms with E-state index in [4.69, 9.17) is 11.6 Å². The molecule has 0 spiro atoms. The normalized spacial score (nSPS) is 12.2. The molecule has 0 fully saturated rings. The van der Waals surface area contributed by atoms with Crippen molar-refractivity contribution in [1.29, 1.82) is 0 Å². The smallest absolute Gasteiger partial charge is 0.244 e. The summed E-state index contributed by atoms with van der Waals surface area (Å²) in [6.07, 6.45) is 0.984. The molecule has 0 aliphatic heterocycles. The van der Waals surface area contributed by atoms with Crippen LogP contribution in [0.25, 0.3) is 0 Å². The van der Waals surface area contributed by atoms with E-state index in [1.807, 2.05) is 0 Å². The van der Waals surface area contributed by atoms with Gasteiger partial charge in [0.15, 0.2) is 0 Å². The highest BCUT2D eigenvalue weighted by atomic mass is 35.5. The molecule has 0 bridgehead atoms. The van der Waals surface area contributed by atoms with Gasteiger partial charge in [-0.05, 0) is 43.7 Å². The average molecular weight is 470 g/mol. The summed E-state index contributed by atoms with van der Waals surface area (Å²) >= 11 is 5.97. The van der Waals surface area contributed by atoms with Gasteiger partial charge in [0.05, 0.1) is 11.9 Å². The maximum atomic E-state index is 14.2. The van der Waals surface area contributed by atoms with Gasteiger partial charge in [-0.15, -0.1) is 0 Å². The standard InChI is InChI=1S/C21H25ClFN3O4S/c1-14-11-17(22)9-10-19(14)26(31(4,29)30)13-20(27)25(15(2)21(28)24-3)12-16-7-5-6-8-18(16)23/h5-11,15H,12-13H2,1-4H3,(H,24,28)/t15-/m1/s1. The number of nitrogens with zero attached hydrogens (tertiary/aromatic N) is 2. The fourth-order valence-electron chi connectivity index (χ4n) is 3.10. The summed E-state index contributed by atoms with van der Waals surface area (Å²) in [6.45, 7) is 2.42. The Kier molecular flexibility index (Phi) is 8.02. The van der Waals surface area contributed by atoms with Gasteiger partial charge in [-0.2, -0.15) is 0 Å². The second-order valence-electron chi connectivity index (χ2n) is 7.10. The van der Waals surface area contributed by atoms with E-state index in [1.165, 1.54) is 44.3 Å². The molecule has 0 aliphatic rings. The summed E-state index contributed by atoms with van der Waals surface area (Å²) in [4.78, 5) is 26.6. The number of aryl methyl sites for hydroxylation is 1. The maximum absolute atomic E-state index is 14.2. The second-order valence-corrected chi connectivity index (χ2v) is 9.45. The van der Waals surface area contributed by atoms with E-state index in [1.54, 1.807) is 19.1 Å². The second kappa shape index (κ2) is 10.1. The Bertz CT molecular complexity index is 1080. The molecule has 1 N–H and O–H groups in total. The van der Waals surface area contributed by atoms with Crippen LogP contribution >= 0.6 is 11.6 Å². The van der Waals surface area contributed by atoms with Gasteiger partial charge < -0.3 is 10.2 Å². The zero-order valence-electron chi connectivity index (χ0n) is 17.7. The summed E-state index contributed by atoms with van der Waals surface area (Å²) in [5.74, 6) is -1.64. The molecule has 7 nitrogen and oxygen atoms in total. The van der Waals surface area contributed by atoms with Gasteiger partial charge in [-0.25, -0.2) is 12.8 Å². The van der Waals surface area contributed by atoms with E-state index in [0.29, 0.717) is 16.3 Å². The number of carbonyl (C=O) groups is 2. The van der Waals surface area contributed by atoms with Crippen LogP contribution in [-0.2, 0) is 26.2 Å². The van der Waals surface area contributed by atoms with Gasteiger partial charge in [-0.3, -0.25) is 13.9 Å². The highest BCUT2D eigenvalue weighted by molar-refractivity contribution is 7.92. The average Bonchev–Trinajstić information content (AvgIpc) is 2.70. The van der Waals surface area contributed by atoms with E-state index >= 15 is 0 Å². The number of hydrogen-bond donors (Lipinski definition) is 1. The number of sulfonamides is 1. The summed E-state index contributed by atoms with van der Waals surface area (Å²) in [7, 11) is -2.43. The van der Waals surface area contributed by atoms with Gasteiger partial charge >= 0.3 is 0 Å². The van der Waals surface area contributed by atoms with Crippen LogP contribution in [0.4, 0.5) is 10.1 Å². The van der Waals surface area contributed by atoms with Gasteiger partial charge in [0, 0.05) is 24.2 Å². The van der Waals surface area contributed by atoms with Crippen LogP contribution in [0.2, 0.25) is 5.02 Å². The molecule has 31 heavy (non-hydrogen) atoms. The molecule has 2 aromatic carbocycles. The molecule has 0 radical (unpaired) electrons. The number of rotatable bonds is 8. The molecule has 2 aromatic rings. The van der Waals surface area contributed by atoms with Crippen molar-refractivity contribution in [3.05, 3.63) is 64.4 Å². The molecule has 168 valence electrons. The molecule has 0 saturated carbocycles. The minimum absolute atomic E-state index is 0.197. The number of benzene rings is 2. The maximum Gasteiger partial charge on any atom is 0.244 e. The number of hydrogen-bond acceptors (Lipinski definition) is 4. The number of anilines is 1. The lowest BCUT2D eigenvalue weighted by atomic mass is 10.1. The largest absolute Gasteiger partial charge is 0.357 e. The summed E-state index contributed by atoms with van der Waals surface area (Å²) in [6, 6.07) is 9.56. The minimum atomic E-state index is -3.85. The predicted octanol–water partition coefficient (Wildman–Crippen LogP) is 2.72. The first-order chi connectivity index (χ1) is 14.5. The van der Waals surface area contributed by atoms with Crippen molar-refractivity contribution in [1.82, 2.24) is 10.2 Å². The number of likely N-dealkylation sites (N-methyl/N-ethyl adjacent to an activating group) is 1. The number of carbonyl (C=O) groups excluding carboxylic acids is 2. The molecule has 1 atom stereocenters. The van der Waals surface area contributed by atoms with E-state index in [9.17, 15) is 22.4 Å². The molecule has 0 aromatic heterocycles. The predicted molar refractivity (Wildman–Crippen MR) is 119 cm³/mol. The lowest BCUT2D eigenvalue weighted by Crippen LogP contribution is -2.50. The van der Waals surface area contributed by atoms with Crippen LogP contribution in [0.1, 0.15) is 18.1 Å². The Morgan fingerprint density at radius 3 is 2.39 bits per heavy atom. The van der Waals surface area contributed by atoms with E-state index < -0.39 is 40.2 Å². The Hall–Kier alpha value is -2.65. The Morgan fingerprint density at radius 1 is 1.19 bits per heavy atom. The molecule has 2 amide bonds. The van der Waals surface area contributed by atoms with Crippen LogP contribution in [0.3, 0.4) is 0 Å². The van der Waals surface area contributed by atoms with Gasteiger partial charge in [-0.1, -0.05) is 29.8 Å². The van der Waals surface area contributed by atoms with Gasteiger partial charge in [0.1, 0.15) is 18.4 Å². The molecular weight excluding hydrogens is 445 g/mol. The molecule has 0 aliphatic carbocycles. The Balaban J connectivity index is 2.43. The van der Waals surface area contributed by atoms with E-state index in [-0.39, 0.29) is 12.1 Å². The zero-order valence-corrected chi connectivity index (χ0v) is 19.3. The molecule has 0 heterocycles. The molecule has 0 unspecified atom stereocenters. The summed E-state index contributed by atoms with van der Waals surface area (Å²) < 4.78 is 40.1. The van der Waals surface area contributed by atoms with Crippen molar-refractivity contribution in [2.75, 3.05) is 24.2 Å². The highest BCUT2D eigenvalue weighted by Gasteiger charge is 2.30. The molecule has 10 heteroatoms. The van der Waals surface area contributed by atoms with Crippen LogP contribution in [0.5, 0.6) is 0 Å². The van der Waals surface area contributed by atoms with Crippen LogP contribution < -0.4 is 9.62 Å².